The molecule has 0 spiro atoms. The molecule has 92 valence electrons. The van der Waals surface area contributed by atoms with Crippen LogP contribution < -0.4 is 5.73 Å². The molecule has 0 fully saturated rings. The zero-order valence-corrected chi connectivity index (χ0v) is 11.5. The minimum atomic E-state index is -0.0134. The third-order valence-electron chi connectivity index (χ3n) is 2.60. The maximum atomic E-state index is 5.98. The van der Waals surface area contributed by atoms with E-state index in [-0.39, 0.29) is 5.54 Å². The highest BCUT2D eigenvalue weighted by Crippen LogP contribution is 2.11. The third kappa shape index (κ3) is 8.88. The molecule has 0 saturated heterocycles. The fourth-order valence-electron chi connectivity index (χ4n) is 1.77. The summed E-state index contributed by atoms with van der Waals surface area (Å²) in [5.74, 6) is 0.748. The highest BCUT2D eigenvalue weighted by Gasteiger charge is 2.14. The first-order chi connectivity index (χ1) is 6.72. The van der Waals surface area contributed by atoms with Crippen molar-refractivity contribution in [2.45, 2.75) is 66.0 Å². The lowest BCUT2D eigenvalue weighted by Crippen LogP contribution is -2.37. The molecule has 0 aromatic carbocycles. The van der Waals surface area contributed by atoms with Crippen molar-refractivity contribution in [1.29, 1.82) is 0 Å². The van der Waals surface area contributed by atoms with Gasteiger partial charge in [-0.15, -0.1) is 0 Å². The first kappa shape index (κ1) is 14.9. The molecule has 15 heavy (non-hydrogen) atoms. The first-order valence-electron chi connectivity index (χ1n) is 6.25. The summed E-state index contributed by atoms with van der Waals surface area (Å²) in [6, 6.07) is 0.647. The SMILES string of the molecule is CC(C)CN(CCCC(C)(C)N)C(C)C. The first-order valence-corrected chi connectivity index (χ1v) is 6.25. The van der Waals surface area contributed by atoms with Crippen LogP contribution in [0.25, 0.3) is 0 Å². The summed E-state index contributed by atoms with van der Waals surface area (Å²) in [4.78, 5) is 2.55. The molecule has 0 aromatic rings. The molecule has 0 atom stereocenters. The van der Waals surface area contributed by atoms with Crippen molar-refractivity contribution in [2.24, 2.45) is 11.7 Å². The monoisotopic (exact) mass is 214 g/mol. The number of nitrogens with zero attached hydrogens (tertiary/aromatic N) is 1. The Morgan fingerprint density at radius 3 is 2.00 bits per heavy atom. The van der Waals surface area contributed by atoms with Gasteiger partial charge in [-0.2, -0.15) is 0 Å². The van der Waals surface area contributed by atoms with Crippen LogP contribution in [0.5, 0.6) is 0 Å². The molecule has 0 unspecified atom stereocenters. The van der Waals surface area contributed by atoms with E-state index in [1.54, 1.807) is 0 Å². The van der Waals surface area contributed by atoms with Gasteiger partial charge in [-0.3, -0.25) is 0 Å². The predicted molar refractivity (Wildman–Crippen MR) is 69.0 cm³/mol. The molecule has 0 rings (SSSR count). The molecule has 2 N–H and O–H groups in total. The number of hydrogen-bond donors (Lipinski definition) is 1. The van der Waals surface area contributed by atoms with Gasteiger partial charge in [-0.1, -0.05) is 13.8 Å². The zero-order chi connectivity index (χ0) is 12.1. The summed E-state index contributed by atoms with van der Waals surface area (Å²) >= 11 is 0. The highest BCUT2D eigenvalue weighted by atomic mass is 15.1. The van der Waals surface area contributed by atoms with Gasteiger partial charge in [-0.25, -0.2) is 0 Å². The van der Waals surface area contributed by atoms with E-state index in [9.17, 15) is 0 Å². The molecule has 0 aromatic heterocycles. The molecule has 0 amide bonds. The maximum absolute atomic E-state index is 5.98. The van der Waals surface area contributed by atoms with Gasteiger partial charge in [0.15, 0.2) is 0 Å². The molecule has 2 heteroatoms. The lowest BCUT2D eigenvalue weighted by atomic mass is 9.99. The summed E-state index contributed by atoms with van der Waals surface area (Å²) < 4.78 is 0. The van der Waals surface area contributed by atoms with Crippen molar-refractivity contribution in [3.05, 3.63) is 0 Å². The standard InChI is InChI=1S/C13H30N2/c1-11(2)10-15(12(3)4)9-7-8-13(5,6)14/h11-12H,7-10,14H2,1-6H3. The number of nitrogens with two attached hydrogens (primary N) is 1. The highest BCUT2D eigenvalue weighted by molar-refractivity contribution is 4.73. The second kappa shape index (κ2) is 6.49. The Kier molecular flexibility index (Phi) is 6.46. The number of rotatable bonds is 7. The van der Waals surface area contributed by atoms with Crippen molar-refractivity contribution in [1.82, 2.24) is 4.90 Å². The van der Waals surface area contributed by atoms with E-state index >= 15 is 0 Å². The Hall–Kier alpha value is -0.0800. The summed E-state index contributed by atoms with van der Waals surface area (Å²) in [6.45, 7) is 15.7. The van der Waals surface area contributed by atoms with Gasteiger partial charge in [0.1, 0.15) is 0 Å². The minimum Gasteiger partial charge on any atom is -0.326 e. The van der Waals surface area contributed by atoms with E-state index in [1.165, 1.54) is 19.5 Å². The van der Waals surface area contributed by atoms with Crippen molar-refractivity contribution in [2.75, 3.05) is 13.1 Å². The van der Waals surface area contributed by atoms with Gasteiger partial charge in [0, 0.05) is 18.1 Å². The van der Waals surface area contributed by atoms with Crippen molar-refractivity contribution in [3.63, 3.8) is 0 Å². The number of hydrogen-bond acceptors (Lipinski definition) is 2. The lowest BCUT2D eigenvalue weighted by Gasteiger charge is -2.29. The third-order valence-corrected chi connectivity index (χ3v) is 2.60. The smallest absolute Gasteiger partial charge is 0.00975 e. The van der Waals surface area contributed by atoms with Crippen LogP contribution in [0.1, 0.15) is 54.4 Å². The van der Waals surface area contributed by atoms with Gasteiger partial charge >= 0.3 is 0 Å². The van der Waals surface area contributed by atoms with E-state index in [4.69, 9.17) is 5.73 Å². The minimum absolute atomic E-state index is 0.0134. The molecular weight excluding hydrogens is 184 g/mol. The van der Waals surface area contributed by atoms with Crippen LogP contribution in [0.4, 0.5) is 0 Å². The van der Waals surface area contributed by atoms with Gasteiger partial charge in [0.2, 0.25) is 0 Å². The van der Waals surface area contributed by atoms with E-state index in [0.717, 1.165) is 12.3 Å². The van der Waals surface area contributed by atoms with Crippen LogP contribution in [-0.4, -0.2) is 29.6 Å². The Morgan fingerprint density at radius 2 is 1.67 bits per heavy atom. The van der Waals surface area contributed by atoms with Crippen LogP contribution in [0, 0.1) is 5.92 Å². The molecule has 0 bridgehead atoms. The van der Waals surface area contributed by atoms with Crippen molar-refractivity contribution >= 4 is 0 Å². The topological polar surface area (TPSA) is 29.3 Å². The van der Waals surface area contributed by atoms with Gasteiger partial charge in [0.25, 0.3) is 0 Å². The van der Waals surface area contributed by atoms with E-state index in [0.29, 0.717) is 6.04 Å². The van der Waals surface area contributed by atoms with Gasteiger partial charge < -0.3 is 10.6 Å². The Labute approximate surface area is 96.2 Å². The van der Waals surface area contributed by atoms with Crippen LogP contribution in [-0.2, 0) is 0 Å². The largest absolute Gasteiger partial charge is 0.326 e. The molecule has 0 aliphatic rings. The second-order valence-electron chi connectivity index (χ2n) is 6.07. The van der Waals surface area contributed by atoms with Crippen LogP contribution in [0.15, 0.2) is 0 Å². The Bertz CT molecular complexity index is 156. The Balaban J connectivity index is 3.87. The van der Waals surface area contributed by atoms with Gasteiger partial charge in [-0.05, 0) is 53.0 Å². The average molecular weight is 214 g/mol. The molecular formula is C13H30N2. The zero-order valence-electron chi connectivity index (χ0n) is 11.5. The molecule has 0 aliphatic heterocycles. The van der Waals surface area contributed by atoms with Crippen molar-refractivity contribution in [3.8, 4) is 0 Å². The van der Waals surface area contributed by atoms with E-state index in [2.05, 4.69) is 46.4 Å². The van der Waals surface area contributed by atoms with E-state index in [1.807, 2.05) is 0 Å². The molecule has 0 radical (unpaired) electrons. The van der Waals surface area contributed by atoms with Gasteiger partial charge in [0.05, 0.1) is 0 Å². The van der Waals surface area contributed by atoms with Crippen molar-refractivity contribution < 1.29 is 0 Å². The molecule has 2 nitrogen and oxygen atoms in total. The summed E-state index contributed by atoms with van der Waals surface area (Å²) in [5.41, 5.74) is 5.97. The Morgan fingerprint density at radius 1 is 1.13 bits per heavy atom. The fourth-order valence-corrected chi connectivity index (χ4v) is 1.77. The molecule has 0 aliphatic carbocycles. The fraction of sp³-hybridized carbons (Fsp3) is 1.00. The summed E-state index contributed by atoms with van der Waals surface area (Å²) in [7, 11) is 0. The maximum Gasteiger partial charge on any atom is 0.00975 e. The predicted octanol–water partition coefficient (Wildman–Crippen LogP) is 2.87. The summed E-state index contributed by atoms with van der Waals surface area (Å²) in [6.07, 6.45) is 2.31. The van der Waals surface area contributed by atoms with Crippen LogP contribution in [0.2, 0.25) is 0 Å². The molecule has 0 heterocycles. The normalized spacial score (nSPS) is 13.2. The van der Waals surface area contributed by atoms with E-state index < -0.39 is 0 Å². The average Bonchev–Trinajstić information content (AvgIpc) is 1.99. The summed E-state index contributed by atoms with van der Waals surface area (Å²) in [5, 5.41) is 0. The van der Waals surface area contributed by atoms with Crippen LogP contribution in [0.3, 0.4) is 0 Å². The molecule has 0 saturated carbocycles. The quantitative estimate of drug-likeness (QED) is 0.706. The lowest BCUT2D eigenvalue weighted by molar-refractivity contribution is 0.189. The second-order valence-corrected chi connectivity index (χ2v) is 6.07. The van der Waals surface area contributed by atoms with Crippen LogP contribution >= 0.6 is 0 Å².